The fourth-order valence-electron chi connectivity index (χ4n) is 1.89. The maximum atomic E-state index is 10.1. The Morgan fingerprint density at radius 2 is 1.12 bits per heavy atom. The van der Waals surface area contributed by atoms with Crippen LogP contribution >= 0.6 is 0 Å². The summed E-state index contributed by atoms with van der Waals surface area (Å²) in [7, 11) is 0. The predicted molar refractivity (Wildman–Crippen MR) is 90.7 cm³/mol. The number of carbonyl (C=O) groups is 3. The first-order chi connectivity index (χ1) is 11.3. The Hall–Kier alpha value is -1.67. The van der Waals surface area contributed by atoms with E-state index in [0.29, 0.717) is 13.0 Å². The molecule has 0 aromatic rings. The molecule has 0 aromatic carbocycles. The van der Waals surface area contributed by atoms with Crippen LogP contribution in [0.3, 0.4) is 0 Å². The number of rotatable bonds is 14. The van der Waals surface area contributed by atoms with Crippen molar-refractivity contribution < 1.29 is 29.7 Å². The van der Waals surface area contributed by atoms with Gasteiger partial charge in [-0.05, 0) is 32.2 Å². The summed E-state index contributed by atoms with van der Waals surface area (Å²) in [4.78, 5) is 30.4. The summed E-state index contributed by atoms with van der Waals surface area (Å²) < 4.78 is 0. The van der Waals surface area contributed by atoms with Crippen LogP contribution in [0.25, 0.3) is 0 Å². The minimum absolute atomic E-state index is 0.245. The predicted octanol–water partition coefficient (Wildman–Crippen LogP) is 1.80. The largest absolute Gasteiger partial charge is 0.481 e. The van der Waals surface area contributed by atoms with Gasteiger partial charge in [-0.3, -0.25) is 14.4 Å². The fraction of sp³-hybridized carbons (Fsp3) is 0.812. The lowest BCUT2D eigenvalue weighted by molar-refractivity contribution is -0.139. The van der Waals surface area contributed by atoms with E-state index in [1.165, 1.54) is 0 Å². The highest BCUT2D eigenvalue weighted by Crippen LogP contribution is 2.08. The molecule has 0 saturated heterocycles. The molecule has 142 valence electrons. The molecular weight excluding hydrogens is 316 g/mol. The van der Waals surface area contributed by atoms with Crippen molar-refractivity contribution in [2.45, 2.75) is 76.7 Å². The standard InChI is InChI=1S/C10H18O4.C6H14N2O2/c11-9(12)7-5-3-1-2-4-6-8-10(13)14;7-4-2-1-3-5(8)6(9)10/h1-8H2,(H,11,12)(H,13,14);5H,1-4,7-8H2,(H,9,10). The first-order valence-electron chi connectivity index (χ1n) is 8.43. The average molecular weight is 348 g/mol. The molecule has 0 aliphatic carbocycles. The van der Waals surface area contributed by atoms with Crippen molar-refractivity contribution >= 4 is 17.9 Å². The van der Waals surface area contributed by atoms with Crippen LogP contribution < -0.4 is 11.5 Å². The van der Waals surface area contributed by atoms with Gasteiger partial charge >= 0.3 is 17.9 Å². The zero-order valence-electron chi connectivity index (χ0n) is 14.3. The molecule has 0 aliphatic heterocycles. The Kier molecular flexibility index (Phi) is 18.1. The maximum absolute atomic E-state index is 10.1. The molecule has 0 aromatic heterocycles. The van der Waals surface area contributed by atoms with Gasteiger partial charge in [0, 0.05) is 12.8 Å². The van der Waals surface area contributed by atoms with Crippen molar-refractivity contribution in [3.8, 4) is 0 Å². The Bertz CT molecular complexity index is 329. The zero-order chi connectivity index (χ0) is 18.8. The zero-order valence-corrected chi connectivity index (χ0v) is 14.3. The number of hydrogen-bond acceptors (Lipinski definition) is 5. The van der Waals surface area contributed by atoms with E-state index >= 15 is 0 Å². The molecule has 0 bridgehead atoms. The molecule has 1 unspecified atom stereocenters. The van der Waals surface area contributed by atoms with Crippen LogP contribution in [0.2, 0.25) is 0 Å². The van der Waals surface area contributed by atoms with Crippen LogP contribution in [0.1, 0.15) is 70.6 Å². The highest BCUT2D eigenvalue weighted by molar-refractivity contribution is 5.72. The topological polar surface area (TPSA) is 164 Å². The minimum Gasteiger partial charge on any atom is -0.481 e. The lowest BCUT2D eigenvalue weighted by Crippen LogP contribution is -2.29. The van der Waals surface area contributed by atoms with Gasteiger partial charge in [0.15, 0.2) is 0 Å². The molecule has 0 spiro atoms. The van der Waals surface area contributed by atoms with Gasteiger partial charge in [-0.15, -0.1) is 0 Å². The fourth-order valence-corrected chi connectivity index (χ4v) is 1.89. The monoisotopic (exact) mass is 348 g/mol. The maximum Gasteiger partial charge on any atom is 0.320 e. The quantitative estimate of drug-likeness (QED) is 0.296. The van der Waals surface area contributed by atoms with Crippen LogP contribution in [-0.4, -0.2) is 45.8 Å². The van der Waals surface area contributed by atoms with Crippen molar-refractivity contribution in [2.24, 2.45) is 11.5 Å². The van der Waals surface area contributed by atoms with Crippen molar-refractivity contribution in [3.63, 3.8) is 0 Å². The first-order valence-corrected chi connectivity index (χ1v) is 8.43. The van der Waals surface area contributed by atoms with Crippen LogP contribution in [0, 0.1) is 0 Å². The van der Waals surface area contributed by atoms with Crippen molar-refractivity contribution in [3.05, 3.63) is 0 Å². The summed E-state index contributed by atoms with van der Waals surface area (Å²) >= 11 is 0. The van der Waals surface area contributed by atoms with Gasteiger partial charge in [0.2, 0.25) is 0 Å². The number of nitrogens with two attached hydrogens (primary N) is 2. The summed E-state index contributed by atoms with van der Waals surface area (Å²) in [5, 5.41) is 25.0. The Balaban J connectivity index is 0. The molecule has 24 heavy (non-hydrogen) atoms. The third kappa shape index (κ3) is 22.6. The van der Waals surface area contributed by atoms with Gasteiger partial charge in [-0.2, -0.15) is 0 Å². The van der Waals surface area contributed by atoms with Crippen molar-refractivity contribution in [2.75, 3.05) is 6.54 Å². The SMILES string of the molecule is NCCCCC(N)C(=O)O.O=C(O)CCCCCCCCC(=O)O. The lowest BCUT2D eigenvalue weighted by Gasteiger charge is -2.03. The summed E-state index contributed by atoms with van der Waals surface area (Å²) in [6, 6.07) is -0.716. The third-order valence-electron chi connectivity index (χ3n) is 3.32. The number of aliphatic carboxylic acids is 3. The molecule has 8 heteroatoms. The van der Waals surface area contributed by atoms with Crippen LogP contribution in [0.4, 0.5) is 0 Å². The van der Waals surface area contributed by atoms with E-state index < -0.39 is 23.9 Å². The number of hydrogen-bond donors (Lipinski definition) is 5. The van der Waals surface area contributed by atoms with E-state index in [1.807, 2.05) is 0 Å². The molecule has 7 N–H and O–H groups in total. The molecule has 0 rings (SSSR count). The molecule has 0 fully saturated rings. The minimum atomic E-state index is -0.933. The van der Waals surface area contributed by atoms with E-state index in [1.54, 1.807) is 0 Å². The summed E-state index contributed by atoms with van der Waals surface area (Å²) in [5.41, 5.74) is 10.4. The average Bonchev–Trinajstić information content (AvgIpc) is 2.50. The molecule has 0 radical (unpaired) electrons. The van der Waals surface area contributed by atoms with E-state index in [2.05, 4.69) is 0 Å². The van der Waals surface area contributed by atoms with Gasteiger partial charge in [-0.25, -0.2) is 0 Å². The third-order valence-corrected chi connectivity index (χ3v) is 3.32. The lowest BCUT2D eigenvalue weighted by atomic mass is 10.1. The highest BCUT2D eigenvalue weighted by Gasteiger charge is 2.09. The second-order valence-electron chi connectivity index (χ2n) is 5.64. The van der Waals surface area contributed by atoms with Gasteiger partial charge in [-0.1, -0.05) is 32.1 Å². The Morgan fingerprint density at radius 3 is 1.46 bits per heavy atom. The number of carboxylic acid groups (broad SMARTS) is 3. The van der Waals surface area contributed by atoms with Crippen LogP contribution in [0.5, 0.6) is 0 Å². The smallest absolute Gasteiger partial charge is 0.320 e. The molecule has 0 saturated carbocycles. The van der Waals surface area contributed by atoms with Gasteiger partial charge < -0.3 is 26.8 Å². The van der Waals surface area contributed by atoms with E-state index in [9.17, 15) is 14.4 Å². The Labute approximate surface area is 143 Å². The van der Waals surface area contributed by atoms with Crippen molar-refractivity contribution in [1.82, 2.24) is 0 Å². The van der Waals surface area contributed by atoms with Crippen molar-refractivity contribution in [1.29, 1.82) is 0 Å². The summed E-state index contributed by atoms with van der Waals surface area (Å²) in [6.45, 7) is 0.604. The number of carboxylic acids is 3. The summed E-state index contributed by atoms with van der Waals surface area (Å²) in [5.74, 6) is -2.41. The van der Waals surface area contributed by atoms with E-state index in [0.717, 1.165) is 51.4 Å². The molecule has 0 heterocycles. The van der Waals surface area contributed by atoms with Crippen LogP contribution in [-0.2, 0) is 14.4 Å². The normalized spacial score (nSPS) is 11.2. The second-order valence-corrected chi connectivity index (χ2v) is 5.64. The summed E-state index contributed by atoms with van der Waals surface area (Å²) in [6.07, 6.45) is 7.99. The number of unbranched alkanes of at least 4 members (excludes halogenated alkanes) is 6. The highest BCUT2D eigenvalue weighted by atomic mass is 16.4. The van der Waals surface area contributed by atoms with Gasteiger partial charge in [0.1, 0.15) is 6.04 Å². The molecule has 1 atom stereocenters. The van der Waals surface area contributed by atoms with Gasteiger partial charge in [0.25, 0.3) is 0 Å². The molecular formula is C16H32N2O6. The van der Waals surface area contributed by atoms with Crippen LogP contribution in [0.15, 0.2) is 0 Å². The Morgan fingerprint density at radius 1 is 0.708 bits per heavy atom. The second kappa shape index (κ2) is 17.7. The van der Waals surface area contributed by atoms with E-state index in [-0.39, 0.29) is 12.8 Å². The van der Waals surface area contributed by atoms with Gasteiger partial charge in [0.05, 0.1) is 0 Å². The molecule has 0 aliphatic rings. The van der Waals surface area contributed by atoms with E-state index in [4.69, 9.17) is 26.8 Å². The first kappa shape index (κ1) is 24.6. The molecule has 0 amide bonds. The molecule has 8 nitrogen and oxygen atoms in total.